The highest BCUT2D eigenvalue weighted by atomic mass is 32.2. The number of aryl methyl sites for hydroxylation is 1. The predicted molar refractivity (Wildman–Crippen MR) is 107 cm³/mol. The number of carbonyl (C=O) groups excluding carboxylic acids is 1. The Balaban J connectivity index is 1.74. The van der Waals surface area contributed by atoms with Crippen molar-refractivity contribution in [2.75, 3.05) is 30.5 Å². The van der Waals surface area contributed by atoms with Crippen LogP contribution in [0.5, 0.6) is 5.75 Å². The number of anilines is 1. The molecular weight excluding hydrogens is 364 g/mol. The van der Waals surface area contributed by atoms with E-state index in [9.17, 15) is 13.2 Å². The number of nitrogens with zero attached hydrogens (tertiary/aromatic N) is 1. The van der Waals surface area contributed by atoms with Crippen molar-refractivity contribution in [1.29, 1.82) is 0 Å². The first kappa shape index (κ1) is 20.0. The zero-order chi connectivity index (χ0) is 19.4. The van der Waals surface area contributed by atoms with E-state index in [1.165, 1.54) is 6.42 Å². The maximum Gasteiger partial charge on any atom is 0.242 e. The first-order valence-electron chi connectivity index (χ1n) is 9.80. The molecule has 1 aliphatic carbocycles. The molecule has 1 heterocycles. The molecule has 3 rings (SSSR count). The molecule has 1 atom stereocenters. The van der Waals surface area contributed by atoms with Gasteiger partial charge in [-0.2, -0.15) is 0 Å². The lowest BCUT2D eigenvalue weighted by atomic mass is 9.93. The van der Waals surface area contributed by atoms with E-state index in [-0.39, 0.29) is 36.0 Å². The van der Waals surface area contributed by atoms with E-state index in [1.807, 2.05) is 30.0 Å². The molecular formula is C20H30N2O4S. The fraction of sp³-hybridized carbons (Fsp3) is 0.650. The van der Waals surface area contributed by atoms with E-state index >= 15 is 0 Å². The van der Waals surface area contributed by atoms with E-state index in [1.54, 1.807) is 7.11 Å². The average molecular weight is 395 g/mol. The zero-order valence-electron chi connectivity index (χ0n) is 16.2. The molecule has 1 aromatic carbocycles. The van der Waals surface area contributed by atoms with Crippen LogP contribution in [0.2, 0.25) is 0 Å². The van der Waals surface area contributed by atoms with Crippen LogP contribution in [-0.2, 0) is 14.6 Å². The van der Waals surface area contributed by atoms with Gasteiger partial charge in [0.05, 0.1) is 30.8 Å². The van der Waals surface area contributed by atoms with Crippen molar-refractivity contribution in [2.45, 2.75) is 57.5 Å². The minimum absolute atomic E-state index is 0.0208. The first-order valence-corrected chi connectivity index (χ1v) is 11.6. The van der Waals surface area contributed by atoms with Gasteiger partial charge in [-0.15, -0.1) is 0 Å². The Morgan fingerprint density at radius 2 is 1.93 bits per heavy atom. The van der Waals surface area contributed by atoms with E-state index in [2.05, 4.69) is 5.32 Å². The predicted octanol–water partition coefficient (Wildman–Crippen LogP) is 2.76. The summed E-state index contributed by atoms with van der Waals surface area (Å²) < 4.78 is 29.3. The van der Waals surface area contributed by atoms with Crippen LogP contribution in [0.25, 0.3) is 0 Å². The molecule has 0 radical (unpaired) electrons. The van der Waals surface area contributed by atoms with Crippen molar-refractivity contribution < 1.29 is 17.9 Å². The number of methoxy groups -OCH3 is 1. The van der Waals surface area contributed by atoms with Crippen molar-refractivity contribution in [2.24, 2.45) is 0 Å². The molecule has 1 unspecified atom stereocenters. The summed E-state index contributed by atoms with van der Waals surface area (Å²) in [6.45, 7) is 2.14. The number of amides is 1. The summed E-state index contributed by atoms with van der Waals surface area (Å²) in [4.78, 5) is 15.0. The van der Waals surface area contributed by atoms with Gasteiger partial charge in [0.1, 0.15) is 5.75 Å². The molecule has 1 saturated heterocycles. The van der Waals surface area contributed by atoms with Gasteiger partial charge in [0, 0.05) is 12.1 Å². The molecule has 1 aliphatic heterocycles. The fourth-order valence-electron chi connectivity index (χ4n) is 4.28. The quantitative estimate of drug-likeness (QED) is 0.803. The lowest BCUT2D eigenvalue weighted by molar-refractivity contribution is -0.134. The van der Waals surface area contributed by atoms with Crippen LogP contribution in [0.1, 0.15) is 44.1 Å². The van der Waals surface area contributed by atoms with Gasteiger partial charge in [-0.05, 0) is 43.9 Å². The molecule has 1 aromatic rings. The van der Waals surface area contributed by atoms with Crippen LogP contribution in [0.4, 0.5) is 5.69 Å². The molecule has 27 heavy (non-hydrogen) atoms. The Hall–Kier alpha value is -1.76. The molecule has 1 amide bonds. The van der Waals surface area contributed by atoms with Crippen molar-refractivity contribution in [3.05, 3.63) is 23.8 Å². The Morgan fingerprint density at radius 3 is 2.56 bits per heavy atom. The number of sulfone groups is 1. The molecule has 2 aliphatic rings. The lowest BCUT2D eigenvalue weighted by Crippen LogP contribution is -2.50. The van der Waals surface area contributed by atoms with Gasteiger partial charge >= 0.3 is 0 Å². The second-order valence-corrected chi connectivity index (χ2v) is 9.94. The molecule has 1 N–H and O–H groups in total. The topological polar surface area (TPSA) is 75.7 Å². The van der Waals surface area contributed by atoms with Crippen LogP contribution in [0.3, 0.4) is 0 Å². The van der Waals surface area contributed by atoms with Gasteiger partial charge in [0.15, 0.2) is 9.84 Å². The first-order chi connectivity index (χ1) is 12.9. The molecule has 0 spiro atoms. The number of hydrogen-bond donors (Lipinski definition) is 1. The van der Waals surface area contributed by atoms with Gasteiger partial charge in [-0.1, -0.05) is 25.3 Å². The van der Waals surface area contributed by atoms with Crippen molar-refractivity contribution in [3.8, 4) is 5.75 Å². The molecule has 7 heteroatoms. The lowest BCUT2D eigenvalue weighted by Gasteiger charge is -2.38. The molecule has 150 valence electrons. The summed E-state index contributed by atoms with van der Waals surface area (Å²) in [5.41, 5.74) is 1.87. The highest BCUT2D eigenvalue weighted by Crippen LogP contribution is 2.29. The van der Waals surface area contributed by atoms with E-state index < -0.39 is 9.84 Å². The average Bonchev–Trinajstić information content (AvgIpc) is 3.00. The second-order valence-electron chi connectivity index (χ2n) is 7.71. The normalized spacial score (nSPS) is 22.4. The standard InChI is InChI=1S/C20H30N2O4S/c1-15-8-9-19(26-2)18(12-15)21-13-20(23)22(16-6-4-3-5-7-16)17-10-11-27(24,25)14-17/h8-9,12,16-17,21H,3-7,10-11,13-14H2,1-2H3. The third-order valence-corrected chi connectivity index (χ3v) is 7.39. The van der Waals surface area contributed by atoms with Gasteiger partial charge in [-0.3, -0.25) is 4.79 Å². The van der Waals surface area contributed by atoms with Crippen molar-refractivity contribution in [1.82, 2.24) is 4.90 Å². The van der Waals surface area contributed by atoms with Crippen LogP contribution in [0, 0.1) is 6.92 Å². The summed E-state index contributed by atoms with van der Waals surface area (Å²) in [5.74, 6) is 0.963. The maximum absolute atomic E-state index is 13.1. The second kappa shape index (κ2) is 8.50. The monoisotopic (exact) mass is 394 g/mol. The minimum Gasteiger partial charge on any atom is -0.495 e. The van der Waals surface area contributed by atoms with Crippen LogP contribution in [-0.4, -0.2) is 56.5 Å². The van der Waals surface area contributed by atoms with E-state index in [0.717, 1.165) is 36.9 Å². The summed E-state index contributed by atoms with van der Waals surface area (Å²) >= 11 is 0. The van der Waals surface area contributed by atoms with Gasteiger partial charge < -0.3 is 15.0 Å². The largest absolute Gasteiger partial charge is 0.495 e. The molecule has 0 bridgehead atoms. The number of carbonyl (C=O) groups is 1. The third kappa shape index (κ3) is 4.94. The van der Waals surface area contributed by atoms with Crippen LogP contribution < -0.4 is 10.1 Å². The number of nitrogens with one attached hydrogen (secondary N) is 1. The summed E-state index contributed by atoms with van der Waals surface area (Å²) in [7, 11) is -1.42. The van der Waals surface area contributed by atoms with E-state index in [4.69, 9.17) is 4.74 Å². The molecule has 1 saturated carbocycles. The number of benzene rings is 1. The molecule has 6 nitrogen and oxygen atoms in total. The Morgan fingerprint density at radius 1 is 1.19 bits per heavy atom. The third-order valence-electron chi connectivity index (χ3n) is 5.64. The fourth-order valence-corrected chi connectivity index (χ4v) is 5.99. The Bertz CT molecular complexity index is 772. The highest BCUT2D eigenvalue weighted by Gasteiger charge is 2.38. The minimum atomic E-state index is -3.03. The van der Waals surface area contributed by atoms with E-state index in [0.29, 0.717) is 12.2 Å². The number of ether oxygens (including phenoxy) is 1. The van der Waals surface area contributed by atoms with Gasteiger partial charge in [0.2, 0.25) is 5.91 Å². The Labute approximate surface area is 162 Å². The molecule has 2 fully saturated rings. The van der Waals surface area contributed by atoms with Gasteiger partial charge in [0.25, 0.3) is 0 Å². The zero-order valence-corrected chi connectivity index (χ0v) is 17.1. The van der Waals surface area contributed by atoms with Crippen LogP contribution >= 0.6 is 0 Å². The Kier molecular flexibility index (Phi) is 6.29. The maximum atomic E-state index is 13.1. The van der Waals surface area contributed by atoms with Crippen molar-refractivity contribution >= 4 is 21.4 Å². The summed E-state index contributed by atoms with van der Waals surface area (Å²) in [5, 5.41) is 3.20. The SMILES string of the molecule is COc1ccc(C)cc1NCC(=O)N(C1CCCCC1)C1CCS(=O)(=O)C1. The number of rotatable bonds is 6. The van der Waals surface area contributed by atoms with Crippen molar-refractivity contribution in [3.63, 3.8) is 0 Å². The summed E-state index contributed by atoms with van der Waals surface area (Å²) in [6.07, 6.45) is 5.89. The smallest absolute Gasteiger partial charge is 0.242 e. The van der Waals surface area contributed by atoms with Gasteiger partial charge in [-0.25, -0.2) is 8.42 Å². The van der Waals surface area contributed by atoms with Crippen LogP contribution in [0.15, 0.2) is 18.2 Å². The molecule has 0 aromatic heterocycles. The summed E-state index contributed by atoms with van der Waals surface area (Å²) in [6, 6.07) is 5.77. The number of hydrogen-bond acceptors (Lipinski definition) is 5. The highest BCUT2D eigenvalue weighted by molar-refractivity contribution is 7.91.